The maximum atomic E-state index is 13.3. The van der Waals surface area contributed by atoms with Gasteiger partial charge in [-0.2, -0.15) is 0 Å². The summed E-state index contributed by atoms with van der Waals surface area (Å²) >= 11 is 0. The van der Waals surface area contributed by atoms with Crippen LogP contribution in [0.4, 0.5) is 5.69 Å². The summed E-state index contributed by atoms with van der Waals surface area (Å²) in [7, 11) is 1.69. The van der Waals surface area contributed by atoms with Crippen molar-refractivity contribution in [1.82, 2.24) is 10.3 Å². The summed E-state index contributed by atoms with van der Waals surface area (Å²) in [6.07, 6.45) is 5.68. The Morgan fingerprint density at radius 1 is 1.14 bits per heavy atom. The molecule has 0 bridgehead atoms. The Morgan fingerprint density at radius 2 is 1.94 bits per heavy atom. The number of rotatable bonds is 8. The van der Waals surface area contributed by atoms with Crippen molar-refractivity contribution in [3.05, 3.63) is 59.6 Å². The van der Waals surface area contributed by atoms with E-state index in [1.165, 1.54) is 18.4 Å². The number of piperazine rings is 1. The van der Waals surface area contributed by atoms with Gasteiger partial charge in [0.1, 0.15) is 5.84 Å². The van der Waals surface area contributed by atoms with E-state index in [0.717, 1.165) is 55.4 Å². The number of anilines is 1. The second kappa shape index (κ2) is 11.2. The standard InChI is InChI=1S/C27H36N6O3/c1-20-28-30-33(29-20)19-27(34)32-15-14-31(18-23(32)16-21-8-4-3-5-9-21)22-12-13-25(35-2)26(17-22)36-24-10-6-7-11-24/h3-5,8-9,12-13,17,23-24,33H,6-7,10-11,14-16,18-19H2,1-2H3,(H,28,29)/t23-/m0/s1. The second-order valence-corrected chi connectivity index (χ2v) is 9.75. The predicted molar refractivity (Wildman–Crippen MR) is 139 cm³/mol. The van der Waals surface area contributed by atoms with E-state index in [1.807, 2.05) is 24.0 Å². The molecular formula is C27H36N6O3. The Kier molecular flexibility index (Phi) is 7.58. The molecule has 2 atom stereocenters. The number of amidine groups is 1. The van der Waals surface area contributed by atoms with Crippen molar-refractivity contribution < 1.29 is 19.4 Å². The zero-order valence-corrected chi connectivity index (χ0v) is 21.2. The molecule has 36 heavy (non-hydrogen) atoms. The number of hydrogen-bond donors (Lipinski definition) is 2. The van der Waals surface area contributed by atoms with Gasteiger partial charge in [-0.15, -0.1) is 0 Å². The number of benzene rings is 2. The fourth-order valence-corrected chi connectivity index (χ4v) is 5.32. The molecule has 2 aromatic carbocycles. The number of carbonyl (C=O) groups is 1. The number of nitrogens with zero attached hydrogens (tertiary/aromatic N) is 4. The van der Waals surface area contributed by atoms with Gasteiger partial charge in [0.2, 0.25) is 0 Å². The molecule has 5 rings (SSSR count). The number of methoxy groups -OCH3 is 1. The lowest BCUT2D eigenvalue weighted by molar-refractivity contribution is -0.858. The van der Waals surface area contributed by atoms with Gasteiger partial charge in [-0.1, -0.05) is 35.4 Å². The number of hydrogen-bond acceptors (Lipinski definition) is 6. The van der Waals surface area contributed by atoms with Gasteiger partial charge < -0.3 is 30.2 Å². The van der Waals surface area contributed by atoms with Crippen molar-refractivity contribution in [2.75, 3.05) is 38.2 Å². The fraction of sp³-hybridized carbons (Fsp3) is 0.481. The first kappa shape index (κ1) is 24.4. The summed E-state index contributed by atoms with van der Waals surface area (Å²) in [5.74, 6) is 2.36. The first-order chi connectivity index (χ1) is 17.6. The van der Waals surface area contributed by atoms with E-state index in [4.69, 9.17) is 9.47 Å². The monoisotopic (exact) mass is 492 g/mol. The molecular weight excluding hydrogens is 456 g/mol. The molecule has 0 aromatic heterocycles. The van der Waals surface area contributed by atoms with Crippen LogP contribution >= 0.6 is 0 Å². The number of ether oxygens (including phenoxy) is 2. The second-order valence-electron chi connectivity index (χ2n) is 9.75. The SMILES string of the molecule is COc1ccc(N2CCN(C(=O)C[NH+]3N=C(C)N[N-]3)[C@@H](Cc3ccccc3)C2)cc1OC1CCCC1. The quantitative estimate of drug-likeness (QED) is 0.591. The Morgan fingerprint density at radius 3 is 2.67 bits per heavy atom. The fourth-order valence-electron chi connectivity index (χ4n) is 5.32. The molecule has 1 unspecified atom stereocenters. The molecule has 2 fully saturated rings. The number of quaternary nitrogens is 1. The van der Waals surface area contributed by atoms with Gasteiger partial charge in [0.25, 0.3) is 5.91 Å². The molecule has 1 amide bonds. The average molecular weight is 493 g/mol. The normalized spacial score (nSPS) is 22.3. The Bertz CT molecular complexity index is 1070. The van der Waals surface area contributed by atoms with E-state index < -0.39 is 0 Å². The van der Waals surface area contributed by atoms with Crippen molar-refractivity contribution in [3.8, 4) is 11.5 Å². The van der Waals surface area contributed by atoms with Crippen molar-refractivity contribution >= 4 is 17.4 Å². The minimum Gasteiger partial charge on any atom is -0.493 e. The first-order valence-corrected chi connectivity index (χ1v) is 12.9. The van der Waals surface area contributed by atoms with Crippen LogP contribution in [-0.4, -0.2) is 62.1 Å². The van der Waals surface area contributed by atoms with Crippen LogP contribution in [0.3, 0.4) is 0 Å². The molecule has 3 aliphatic rings. The van der Waals surface area contributed by atoms with Crippen LogP contribution in [0.2, 0.25) is 0 Å². The number of nitrogens with one attached hydrogen (secondary N) is 2. The molecule has 1 saturated heterocycles. The molecule has 0 spiro atoms. The van der Waals surface area contributed by atoms with Crippen LogP contribution in [0.15, 0.2) is 53.6 Å². The molecule has 9 nitrogen and oxygen atoms in total. The predicted octanol–water partition coefficient (Wildman–Crippen LogP) is 2.30. The zero-order valence-electron chi connectivity index (χ0n) is 21.2. The minimum atomic E-state index is 0.0370. The molecule has 2 heterocycles. The third-order valence-corrected chi connectivity index (χ3v) is 7.18. The minimum absolute atomic E-state index is 0.0370. The van der Waals surface area contributed by atoms with E-state index in [9.17, 15) is 4.79 Å². The lowest BCUT2D eigenvalue weighted by Gasteiger charge is -2.43. The van der Waals surface area contributed by atoms with Crippen molar-refractivity contribution in [2.45, 2.75) is 51.2 Å². The molecule has 192 valence electrons. The Hall–Kier alpha value is -3.30. The largest absolute Gasteiger partial charge is 0.493 e. The molecule has 1 saturated carbocycles. The third kappa shape index (κ3) is 5.74. The topological polar surface area (TPSA) is 84.9 Å². The van der Waals surface area contributed by atoms with E-state index in [2.05, 4.69) is 57.4 Å². The number of carbonyl (C=O) groups excluding carboxylic acids is 1. The summed E-state index contributed by atoms with van der Waals surface area (Å²) in [5, 5.41) is 4.88. The van der Waals surface area contributed by atoms with Crippen molar-refractivity contribution in [1.29, 1.82) is 0 Å². The molecule has 2 aromatic rings. The summed E-state index contributed by atoms with van der Waals surface area (Å²) in [5.41, 5.74) is 9.32. The maximum absolute atomic E-state index is 13.3. The van der Waals surface area contributed by atoms with Gasteiger partial charge in [-0.05, 0) is 56.7 Å². The molecule has 1 aliphatic carbocycles. The van der Waals surface area contributed by atoms with Crippen LogP contribution in [-0.2, 0) is 11.2 Å². The lowest BCUT2D eigenvalue weighted by Crippen LogP contribution is -3.04. The van der Waals surface area contributed by atoms with E-state index >= 15 is 0 Å². The summed E-state index contributed by atoms with van der Waals surface area (Å²) < 4.78 is 11.9. The molecule has 9 heteroatoms. The number of amides is 1. The van der Waals surface area contributed by atoms with Crippen molar-refractivity contribution in [3.63, 3.8) is 0 Å². The van der Waals surface area contributed by atoms with Gasteiger partial charge in [0.05, 0.1) is 19.3 Å². The highest BCUT2D eigenvalue weighted by molar-refractivity contribution is 5.81. The first-order valence-electron chi connectivity index (χ1n) is 12.9. The van der Waals surface area contributed by atoms with Crippen LogP contribution in [0.25, 0.3) is 5.53 Å². The maximum Gasteiger partial charge on any atom is 0.279 e. The van der Waals surface area contributed by atoms with E-state index in [-0.39, 0.29) is 24.6 Å². The van der Waals surface area contributed by atoms with Crippen LogP contribution < -0.4 is 24.9 Å². The summed E-state index contributed by atoms with van der Waals surface area (Å²) in [6, 6.07) is 16.6. The summed E-state index contributed by atoms with van der Waals surface area (Å²) in [4.78, 5) is 17.7. The van der Waals surface area contributed by atoms with Gasteiger partial charge in [-0.25, -0.2) is 0 Å². The summed E-state index contributed by atoms with van der Waals surface area (Å²) in [6.45, 7) is 4.18. The van der Waals surface area contributed by atoms with Crippen LogP contribution in [0.5, 0.6) is 11.5 Å². The van der Waals surface area contributed by atoms with Gasteiger partial charge in [-0.3, -0.25) is 9.91 Å². The molecule has 2 aliphatic heterocycles. The Balaban J connectivity index is 1.33. The highest BCUT2D eigenvalue weighted by Gasteiger charge is 2.33. The smallest absolute Gasteiger partial charge is 0.279 e. The highest BCUT2D eigenvalue weighted by atomic mass is 16.5. The Labute approximate surface area is 213 Å². The van der Waals surface area contributed by atoms with Crippen LogP contribution in [0.1, 0.15) is 38.2 Å². The third-order valence-electron chi connectivity index (χ3n) is 7.18. The van der Waals surface area contributed by atoms with E-state index in [1.54, 1.807) is 7.11 Å². The molecule has 0 radical (unpaired) electrons. The average Bonchev–Trinajstić information content (AvgIpc) is 3.56. The van der Waals surface area contributed by atoms with Crippen LogP contribution in [0, 0.1) is 0 Å². The van der Waals surface area contributed by atoms with E-state index in [0.29, 0.717) is 11.7 Å². The highest BCUT2D eigenvalue weighted by Crippen LogP contribution is 2.35. The lowest BCUT2D eigenvalue weighted by atomic mass is 10.0. The van der Waals surface area contributed by atoms with Crippen molar-refractivity contribution in [2.24, 2.45) is 5.10 Å². The zero-order chi connectivity index (χ0) is 24.9. The van der Waals surface area contributed by atoms with Gasteiger partial charge in [0, 0.05) is 31.4 Å². The van der Waals surface area contributed by atoms with Gasteiger partial charge in [0.15, 0.2) is 18.0 Å². The molecule has 2 N–H and O–H groups in total. The van der Waals surface area contributed by atoms with Gasteiger partial charge >= 0.3 is 0 Å².